The highest BCUT2D eigenvalue weighted by Crippen LogP contribution is 2.35. The maximum Gasteiger partial charge on any atom is 0.266 e. The summed E-state index contributed by atoms with van der Waals surface area (Å²) in [6.45, 7) is 0.326. The lowest BCUT2D eigenvalue weighted by molar-refractivity contribution is -0.128. The van der Waals surface area contributed by atoms with Crippen LogP contribution in [0.2, 0.25) is 10.0 Å². The normalized spacial score (nSPS) is 15.3. The van der Waals surface area contributed by atoms with Gasteiger partial charge >= 0.3 is 0 Å². The Morgan fingerprint density at radius 1 is 1.16 bits per heavy atom. The molecule has 1 aliphatic rings. The summed E-state index contributed by atoms with van der Waals surface area (Å²) in [4.78, 5) is 30.1. The van der Waals surface area contributed by atoms with Crippen LogP contribution in [-0.4, -0.2) is 39.1 Å². The van der Waals surface area contributed by atoms with Crippen LogP contribution in [0, 0.1) is 0 Å². The first-order chi connectivity index (χ1) is 14.9. The molecule has 4 rings (SSSR count). The monoisotopic (exact) mass is 489 g/mol. The maximum absolute atomic E-state index is 12.8. The molecule has 2 N–H and O–H groups in total. The SMILES string of the molecule is O=C(CN1C(=O)/C(=C/c2c(Cl)cccc2Cl)SC1=S)NCCc1c[nH]c2ccccc12. The van der Waals surface area contributed by atoms with Gasteiger partial charge in [0.15, 0.2) is 0 Å². The molecular weight excluding hydrogens is 473 g/mol. The zero-order chi connectivity index (χ0) is 22.0. The third-order valence-corrected chi connectivity index (χ3v) is 6.88. The molecule has 1 saturated heterocycles. The summed E-state index contributed by atoms with van der Waals surface area (Å²) in [6.07, 6.45) is 4.24. The lowest BCUT2D eigenvalue weighted by atomic mass is 10.1. The van der Waals surface area contributed by atoms with Crippen molar-refractivity contribution in [3.63, 3.8) is 0 Å². The molecule has 5 nitrogen and oxygen atoms in total. The van der Waals surface area contributed by atoms with E-state index in [1.54, 1.807) is 24.3 Å². The van der Waals surface area contributed by atoms with Crippen molar-refractivity contribution in [2.24, 2.45) is 0 Å². The number of thioether (sulfide) groups is 1. The zero-order valence-corrected chi connectivity index (χ0v) is 19.3. The number of aromatic amines is 1. The van der Waals surface area contributed by atoms with E-state index in [2.05, 4.69) is 10.3 Å². The Bertz CT molecular complexity index is 1200. The first kappa shape index (κ1) is 21.9. The van der Waals surface area contributed by atoms with Gasteiger partial charge in [-0.15, -0.1) is 0 Å². The topological polar surface area (TPSA) is 65.2 Å². The van der Waals surface area contributed by atoms with E-state index in [-0.39, 0.29) is 18.4 Å². The highest BCUT2D eigenvalue weighted by Gasteiger charge is 2.33. The van der Waals surface area contributed by atoms with Crippen LogP contribution in [0.15, 0.2) is 53.6 Å². The fraction of sp³-hybridized carbons (Fsp3) is 0.136. The van der Waals surface area contributed by atoms with Crippen LogP contribution >= 0.6 is 47.2 Å². The highest BCUT2D eigenvalue weighted by atomic mass is 35.5. The second kappa shape index (κ2) is 9.44. The molecule has 1 aromatic heterocycles. The summed E-state index contributed by atoms with van der Waals surface area (Å²) < 4.78 is 0.325. The Hall–Kier alpha value is -2.32. The number of amides is 2. The average molecular weight is 490 g/mol. The summed E-state index contributed by atoms with van der Waals surface area (Å²) in [5.41, 5.74) is 2.74. The summed E-state index contributed by atoms with van der Waals surface area (Å²) in [5.74, 6) is -0.606. The van der Waals surface area contributed by atoms with Crippen LogP contribution in [0.5, 0.6) is 0 Å². The third-order valence-electron chi connectivity index (χ3n) is 4.84. The quantitative estimate of drug-likeness (QED) is 0.376. The molecule has 2 aromatic carbocycles. The van der Waals surface area contributed by atoms with Crippen LogP contribution in [0.1, 0.15) is 11.1 Å². The number of hydrogen-bond donors (Lipinski definition) is 2. The van der Waals surface area contributed by atoms with Gasteiger partial charge in [0.2, 0.25) is 5.91 Å². The zero-order valence-electron chi connectivity index (χ0n) is 16.2. The minimum atomic E-state index is -0.335. The van der Waals surface area contributed by atoms with Gasteiger partial charge in [-0.2, -0.15) is 0 Å². The van der Waals surface area contributed by atoms with E-state index in [1.165, 1.54) is 4.90 Å². The molecule has 0 radical (unpaired) electrons. The van der Waals surface area contributed by atoms with Crippen LogP contribution in [0.25, 0.3) is 17.0 Å². The van der Waals surface area contributed by atoms with E-state index in [0.717, 1.165) is 28.2 Å². The number of nitrogens with zero attached hydrogens (tertiary/aromatic N) is 1. The number of fused-ring (bicyclic) bond motifs is 1. The van der Waals surface area contributed by atoms with Crippen molar-refractivity contribution in [2.75, 3.05) is 13.1 Å². The van der Waals surface area contributed by atoms with Crippen molar-refractivity contribution in [3.05, 3.63) is 74.7 Å². The van der Waals surface area contributed by atoms with E-state index in [4.69, 9.17) is 35.4 Å². The summed E-state index contributed by atoms with van der Waals surface area (Å²) in [5, 5.41) is 4.87. The number of hydrogen-bond acceptors (Lipinski definition) is 4. The van der Waals surface area contributed by atoms with Crippen molar-refractivity contribution >= 4 is 80.3 Å². The predicted molar refractivity (Wildman–Crippen MR) is 131 cm³/mol. The molecule has 1 aliphatic heterocycles. The molecule has 9 heteroatoms. The predicted octanol–water partition coefficient (Wildman–Crippen LogP) is 5.03. The fourth-order valence-electron chi connectivity index (χ4n) is 3.29. The number of benzene rings is 2. The molecule has 0 saturated carbocycles. The van der Waals surface area contributed by atoms with E-state index in [9.17, 15) is 9.59 Å². The van der Waals surface area contributed by atoms with Gasteiger partial charge in [-0.05, 0) is 36.3 Å². The number of rotatable bonds is 6. The number of carbonyl (C=O) groups is 2. The Morgan fingerprint density at radius 2 is 1.90 bits per heavy atom. The molecule has 3 aromatic rings. The molecule has 0 aliphatic carbocycles. The Kier molecular flexibility index (Phi) is 6.67. The number of aromatic nitrogens is 1. The van der Waals surface area contributed by atoms with Gasteiger partial charge in [0, 0.05) is 39.3 Å². The van der Waals surface area contributed by atoms with Gasteiger partial charge in [0.25, 0.3) is 5.91 Å². The smallest absolute Gasteiger partial charge is 0.266 e. The van der Waals surface area contributed by atoms with E-state index < -0.39 is 0 Å². The minimum Gasteiger partial charge on any atom is -0.361 e. The Morgan fingerprint density at radius 3 is 2.68 bits per heavy atom. The van der Waals surface area contributed by atoms with E-state index >= 15 is 0 Å². The van der Waals surface area contributed by atoms with Gasteiger partial charge in [-0.3, -0.25) is 14.5 Å². The number of halogens is 2. The van der Waals surface area contributed by atoms with Crippen molar-refractivity contribution in [1.29, 1.82) is 0 Å². The van der Waals surface area contributed by atoms with Gasteiger partial charge in [-0.25, -0.2) is 0 Å². The Labute approximate surface area is 198 Å². The molecule has 158 valence electrons. The lowest BCUT2D eigenvalue weighted by Gasteiger charge is -2.14. The van der Waals surface area contributed by atoms with Crippen molar-refractivity contribution in [1.82, 2.24) is 15.2 Å². The molecule has 1 fully saturated rings. The molecule has 0 atom stereocenters. The minimum absolute atomic E-state index is 0.133. The molecule has 31 heavy (non-hydrogen) atoms. The molecule has 0 unspecified atom stereocenters. The van der Waals surface area contributed by atoms with Gasteiger partial charge in [0.1, 0.15) is 10.9 Å². The number of para-hydroxylation sites is 1. The molecular formula is C22H17Cl2N3O2S2. The lowest BCUT2D eigenvalue weighted by Crippen LogP contribution is -2.40. The average Bonchev–Trinajstić information content (AvgIpc) is 3.27. The number of nitrogens with one attached hydrogen (secondary N) is 2. The number of H-pyrrole nitrogens is 1. The summed E-state index contributed by atoms with van der Waals surface area (Å²) in [6, 6.07) is 13.1. The second-order valence-corrected chi connectivity index (χ2v) is 9.35. The standard InChI is InChI=1S/C22H17Cl2N3O2S2/c23-16-5-3-6-17(24)15(16)10-19-21(29)27(22(30)31-19)12-20(28)25-9-8-13-11-26-18-7-2-1-4-14(13)18/h1-7,10-11,26H,8-9,12H2,(H,25,28)/b19-10-. The Balaban J connectivity index is 1.36. The molecule has 0 spiro atoms. The fourth-order valence-corrected chi connectivity index (χ4v) is 5.03. The molecule has 2 heterocycles. The maximum atomic E-state index is 12.8. The second-order valence-electron chi connectivity index (χ2n) is 6.86. The van der Waals surface area contributed by atoms with Crippen LogP contribution < -0.4 is 5.32 Å². The van der Waals surface area contributed by atoms with Crippen molar-refractivity contribution < 1.29 is 9.59 Å². The van der Waals surface area contributed by atoms with Crippen molar-refractivity contribution in [3.8, 4) is 0 Å². The first-order valence-corrected chi connectivity index (χ1v) is 11.4. The van der Waals surface area contributed by atoms with Crippen LogP contribution in [-0.2, 0) is 16.0 Å². The molecule has 2 amide bonds. The molecule has 0 bridgehead atoms. The van der Waals surface area contributed by atoms with Gasteiger partial charge < -0.3 is 10.3 Å². The van der Waals surface area contributed by atoms with Gasteiger partial charge in [0.05, 0.1) is 4.91 Å². The number of carbonyl (C=O) groups excluding carboxylic acids is 2. The first-order valence-electron chi connectivity index (χ1n) is 9.45. The van der Waals surface area contributed by atoms with Gasteiger partial charge in [-0.1, -0.05) is 71.4 Å². The van der Waals surface area contributed by atoms with Crippen molar-refractivity contribution in [2.45, 2.75) is 6.42 Å². The highest BCUT2D eigenvalue weighted by molar-refractivity contribution is 8.26. The summed E-state index contributed by atoms with van der Waals surface area (Å²) in [7, 11) is 0. The van der Waals surface area contributed by atoms with Crippen LogP contribution in [0.3, 0.4) is 0 Å². The van der Waals surface area contributed by atoms with E-state index in [0.29, 0.717) is 37.8 Å². The summed E-state index contributed by atoms with van der Waals surface area (Å²) >= 11 is 18.8. The number of thiocarbonyl (C=S) groups is 1. The van der Waals surface area contributed by atoms with Crippen LogP contribution in [0.4, 0.5) is 0 Å². The van der Waals surface area contributed by atoms with E-state index in [1.807, 2.05) is 30.5 Å². The largest absolute Gasteiger partial charge is 0.361 e. The third kappa shape index (κ3) is 4.80.